The smallest absolute Gasteiger partial charge is 0.331 e. The Morgan fingerprint density at radius 1 is 1.17 bits per heavy atom. The average molecular weight is 373 g/mol. The van der Waals surface area contributed by atoms with Crippen LogP contribution in [0.25, 0.3) is 0 Å². The lowest BCUT2D eigenvalue weighted by molar-refractivity contribution is -0.137. The highest BCUT2D eigenvalue weighted by Crippen LogP contribution is 2.33. The lowest BCUT2D eigenvalue weighted by Crippen LogP contribution is -2.34. The van der Waals surface area contributed by atoms with Crippen molar-refractivity contribution in [3.8, 4) is 0 Å². The Morgan fingerprint density at radius 2 is 1.88 bits per heavy atom. The van der Waals surface area contributed by atoms with Crippen molar-refractivity contribution in [2.24, 2.45) is 0 Å². The molecule has 2 aromatic rings. The van der Waals surface area contributed by atoms with Gasteiger partial charge in [-0.05, 0) is 49.5 Å². The van der Waals surface area contributed by atoms with Gasteiger partial charge in [-0.15, -0.1) is 0 Å². The van der Waals surface area contributed by atoms with Crippen LogP contribution in [0.15, 0.2) is 42.5 Å². The summed E-state index contributed by atoms with van der Waals surface area (Å²) in [6.45, 7) is 1.83. The summed E-state index contributed by atoms with van der Waals surface area (Å²) in [4.78, 5) is 12.1. The van der Waals surface area contributed by atoms with Gasteiger partial charge in [0, 0.05) is 5.56 Å². The number of aryl methyl sites for hydroxylation is 1. The van der Waals surface area contributed by atoms with E-state index >= 15 is 0 Å². The van der Waals surface area contributed by atoms with Gasteiger partial charge in [0.05, 0.1) is 16.3 Å². The maximum absolute atomic E-state index is 12.7. The van der Waals surface area contributed by atoms with E-state index < -0.39 is 17.6 Å². The zero-order chi connectivity index (χ0) is 17.9. The van der Waals surface area contributed by atoms with Gasteiger partial charge in [0.1, 0.15) is 0 Å². The van der Waals surface area contributed by atoms with Crippen molar-refractivity contribution < 1.29 is 18.0 Å². The summed E-state index contributed by atoms with van der Waals surface area (Å²) in [5, 5.41) is 4.81. The first-order valence-electron chi connectivity index (χ1n) is 6.72. The molecule has 8 heteroatoms. The topological polar surface area (TPSA) is 41.1 Å². The molecule has 0 atom stereocenters. The van der Waals surface area contributed by atoms with Gasteiger partial charge in [-0.3, -0.25) is 10.1 Å². The van der Waals surface area contributed by atoms with Crippen molar-refractivity contribution in [3.05, 3.63) is 64.2 Å². The zero-order valence-corrected chi connectivity index (χ0v) is 13.9. The Bertz CT molecular complexity index is 793. The molecule has 2 aromatic carbocycles. The van der Waals surface area contributed by atoms with Crippen LogP contribution in [-0.4, -0.2) is 11.0 Å². The van der Waals surface area contributed by atoms with E-state index in [-0.39, 0.29) is 15.8 Å². The van der Waals surface area contributed by atoms with Crippen molar-refractivity contribution in [3.63, 3.8) is 0 Å². The van der Waals surface area contributed by atoms with Gasteiger partial charge in [0.15, 0.2) is 5.11 Å². The summed E-state index contributed by atoms with van der Waals surface area (Å²) in [5.74, 6) is -0.473. The second kappa shape index (κ2) is 7.19. The number of alkyl halides is 3. The van der Waals surface area contributed by atoms with Gasteiger partial charge in [-0.25, -0.2) is 0 Å². The van der Waals surface area contributed by atoms with Gasteiger partial charge < -0.3 is 5.32 Å². The molecule has 2 N–H and O–H groups in total. The minimum absolute atomic E-state index is 0.0407. The monoisotopic (exact) mass is 372 g/mol. The molecule has 2 rings (SSSR count). The number of anilines is 1. The molecular weight excluding hydrogens is 361 g/mol. The highest BCUT2D eigenvalue weighted by molar-refractivity contribution is 7.80. The zero-order valence-electron chi connectivity index (χ0n) is 12.4. The van der Waals surface area contributed by atoms with Crippen LogP contribution in [0.3, 0.4) is 0 Å². The molecule has 1 amide bonds. The first kappa shape index (κ1) is 18.2. The molecule has 0 fully saturated rings. The highest BCUT2D eigenvalue weighted by Gasteiger charge is 2.31. The maximum atomic E-state index is 12.7. The van der Waals surface area contributed by atoms with Crippen LogP contribution < -0.4 is 10.6 Å². The number of benzene rings is 2. The van der Waals surface area contributed by atoms with Crippen LogP contribution in [0, 0.1) is 6.92 Å². The minimum atomic E-state index is -4.51. The number of hydrogen-bond acceptors (Lipinski definition) is 2. The van der Waals surface area contributed by atoms with Crippen molar-refractivity contribution >= 4 is 40.5 Å². The molecule has 24 heavy (non-hydrogen) atoms. The average Bonchev–Trinajstić information content (AvgIpc) is 2.48. The first-order valence-corrected chi connectivity index (χ1v) is 7.51. The number of amides is 1. The van der Waals surface area contributed by atoms with Crippen LogP contribution >= 0.6 is 23.8 Å². The van der Waals surface area contributed by atoms with E-state index in [0.29, 0.717) is 5.56 Å². The molecule has 0 saturated carbocycles. The Morgan fingerprint density at radius 3 is 2.50 bits per heavy atom. The maximum Gasteiger partial charge on any atom is 0.416 e. The Hall–Kier alpha value is -2.12. The Labute approximate surface area is 146 Å². The molecule has 0 aliphatic heterocycles. The molecule has 0 aliphatic carbocycles. The predicted molar refractivity (Wildman–Crippen MR) is 91.3 cm³/mol. The van der Waals surface area contributed by atoms with E-state index in [2.05, 4.69) is 10.6 Å². The summed E-state index contributed by atoms with van der Waals surface area (Å²) in [6, 6.07) is 9.60. The third-order valence-electron chi connectivity index (χ3n) is 3.05. The van der Waals surface area contributed by atoms with Gasteiger partial charge in [0.25, 0.3) is 5.91 Å². The van der Waals surface area contributed by atoms with Gasteiger partial charge >= 0.3 is 6.18 Å². The predicted octanol–water partition coefficient (Wildman–Crippen LogP) is 4.79. The third-order valence-corrected chi connectivity index (χ3v) is 3.58. The van der Waals surface area contributed by atoms with Crippen molar-refractivity contribution in [1.82, 2.24) is 5.32 Å². The van der Waals surface area contributed by atoms with E-state index in [9.17, 15) is 18.0 Å². The molecule has 3 nitrogen and oxygen atoms in total. The summed E-state index contributed by atoms with van der Waals surface area (Å²) in [5.41, 5.74) is 0.361. The van der Waals surface area contributed by atoms with E-state index in [1.54, 1.807) is 18.2 Å². The van der Waals surface area contributed by atoms with Crippen LogP contribution in [-0.2, 0) is 6.18 Å². The summed E-state index contributed by atoms with van der Waals surface area (Å²) in [7, 11) is 0. The van der Waals surface area contributed by atoms with Crippen molar-refractivity contribution in [2.45, 2.75) is 13.1 Å². The van der Waals surface area contributed by atoms with E-state index in [0.717, 1.165) is 23.8 Å². The molecule has 0 bridgehead atoms. The SMILES string of the molecule is Cc1cccc(C(=O)NC(=S)Nc2cc(C(F)(F)F)ccc2Cl)c1. The molecule has 0 spiro atoms. The van der Waals surface area contributed by atoms with Crippen LogP contribution in [0.4, 0.5) is 18.9 Å². The summed E-state index contributed by atoms with van der Waals surface area (Å²) in [6.07, 6.45) is -4.51. The minimum Gasteiger partial charge on any atom is -0.331 e. The molecular formula is C16H12ClF3N2OS. The molecule has 126 valence electrons. The third kappa shape index (κ3) is 4.69. The first-order chi connectivity index (χ1) is 11.2. The van der Waals surface area contributed by atoms with Crippen LogP contribution in [0.1, 0.15) is 21.5 Å². The summed E-state index contributed by atoms with van der Waals surface area (Å²) >= 11 is 10.8. The van der Waals surface area contributed by atoms with Gasteiger partial charge in [0.2, 0.25) is 0 Å². The second-order valence-corrected chi connectivity index (χ2v) is 5.79. The fourth-order valence-corrected chi connectivity index (χ4v) is 2.28. The van der Waals surface area contributed by atoms with Crippen LogP contribution in [0.5, 0.6) is 0 Å². The van der Waals surface area contributed by atoms with Crippen molar-refractivity contribution in [1.29, 1.82) is 0 Å². The number of halogens is 4. The molecule has 0 radical (unpaired) electrons. The summed E-state index contributed by atoms with van der Waals surface area (Å²) < 4.78 is 38.2. The van der Waals surface area contributed by atoms with Crippen molar-refractivity contribution in [2.75, 3.05) is 5.32 Å². The Balaban J connectivity index is 2.11. The molecule has 0 heterocycles. The fourth-order valence-electron chi connectivity index (χ4n) is 1.91. The molecule has 0 aliphatic rings. The number of nitrogens with one attached hydrogen (secondary N) is 2. The van der Waals surface area contributed by atoms with Crippen LogP contribution in [0.2, 0.25) is 5.02 Å². The number of rotatable bonds is 2. The molecule has 0 saturated heterocycles. The quantitative estimate of drug-likeness (QED) is 0.744. The number of hydrogen-bond donors (Lipinski definition) is 2. The largest absolute Gasteiger partial charge is 0.416 e. The van der Waals surface area contributed by atoms with Gasteiger partial charge in [-0.2, -0.15) is 13.2 Å². The molecule has 0 aromatic heterocycles. The van der Waals surface area contributed by atoms with E-state index in [1.165, 1.54) is 0 Å². The van der Waals surface area contributed by atoms with Gasteiger partial charge in [-0.1, -0.05) is 29.3 Å². The standard InChI is InChI=1S/C16H12ClF3N2OS/c1-9-3-2-4-10(7-9)14(23)22-15(24)21-13-8-11(16(18,19)20)5-6-12(13)17/h2-8H,1H3,(H2,21,22,23,24). The second-order valence-electron chi connectivity index (χ2n) is 4.97. The fraction of sp³-hybridized carbons (Fsp3) is 0.125. The Kier molecular flexibility index (Phi) is 5.46. The number of carbonyl (C=O) groups is 1. The van der Waals surface area contributed by atoms with E-state index in [4.69, 9.17) is 23.8 Å². The number of thiocarbonyl (C=S) groups is 1. The van der Waals surface area contributed by atoms with E-state index in [1.807, 2.05) is 13.0 Å². The highest BCUT2D eigenvalue weighted by atomic mass is 35.5. The molecule has 0 unspecified atom stereocenters. The lowest BCUT2D eigenvalue weighted by Gasteiger charge is -2.13. The lowest BCUT2D eigenvalue weighted by atomic mass is 10.1. The number of carbonyl (C=O) groups excluding carboxylic acids is 1. The normalized spacial score (nSPS) is 11.0.